The van der Waals surface area contributed by atoms with Crippen LogP contribution < -0.4 is 9.46 Å². The van der Waals surface area contributed by atoms with Gasteiger partial charge in [0.25, 0.3) is 5.19 Å². The lowest BCUT2D eigenvalue weighted by Gasteiger charge is -2.39. The minimum Gasteiger partial charge on any atom is -0.431 e. The van der Waals surface area contributed by atoms with Crippen LogP contribution >= 0.6 is 11.3 Å². The van der Waals surface area contributed by atoms with Gasteiger partial charge in [0, 0.05) is 24.7 Å². The van der Waals surface area contributed by atoms with Crippen molar-refractivity contribution in [1.29, 1.82) is 0 Å². The standard InChI is InChI=1S/C22H25N3O3S2/c1-30(26,27)24-16-12-17-8-9-18(13-16)25(17)14-15-6-10-19(11-7-15)28-22-23-20-4-2-3-5-21(20)29-22/h2-7,10-11,16-18,24H,8-9,12-14H2,1H3/t16?,17-,18?/m0/s1. The molecule has 3 atom stereocenters. The molecule has 2 fully saturated rings. The van der Waals surface area contributed by atoms with Gasteiger partial charge in [-0.25, -0.2) is 18.1 Å². The lowest BCUT2D eigenvalue weighted by molar-refractivity contribution is 0.116. The van der Waals surface area contributed by atoms with Crippen molar-refractivity contribution in [2.24, 2.45) is 0 Å². The third-order valence-corrected chi connectivity index (χ3v) is 7.71. The summed E-state index contributed by atoms with van der Waals surface area (Å²) in [5, 5.41) is 0.655. The van der Waals surface area contributed by atoms with E-state index in [1.165, 1.54) is 11.8 Å². The minimum absolute atomic E-state index is 0.0679. The zero-order valence-electron chi connectivity index (χ0n) is 16.8. The molecule has 2 aliphatic rings. The molecule has 3 aromatic rings. The third kappa shape index (κ3) is 4.37. The second kappa shape index (κ2) is 7.92. The normalized spacial score (nSPS) is 24.4. The molecule has 6 nitrogen and oxygen atoms in total. The van der Waals surface area contributed by atoms with Gasteiger partial charge in [0.1, 0.15) is 5.75 Å². The SMILES string of the molecule is CS(=O)(=O)NC1CC2CC[C@@H](C1)N2Cc1ccc(Oc2nc3ccccc3s2)cc1. The summed E-state index contributed by atoms with van der Waals surface area (Å²) in [5.41, 5.74) is 2.21. The van der Waals surface area contributed by atoms with Gasteiger partial charge in [-0.15, -0.1) is 0 Å². The lowest BCUT2D eigenvalue weighted by atomic mass is 9.97. The maximum absolute atomic E-state index is 11.6. The van der Waals surface area contributed by atoms with Gasteiger partial charge in [-0.2, -0.15) is 0 Å². The molecule has 2 saturated heterocycles. The lowest BCUT2D eigenvalue weighted by Crippen LogP contribution is -2.49. The van der Waals surface area contributed by atoms with Gasteiger partial charge in [0.15, 0.2) is 0 Å². The molecule has 0 radical (unpaired) electrons. The van der Waals surface area contributed by atoms with Crippen molar-refractivity contribution in [3.05, 3.63) is 54.1 Å². The first-order valence-corrected chi connectivity index (χ1v) is 13.0. The molecule has 2 unspecified atom stereocenters. The van der Waals surface area contributed by atoms with Crippen LogP contribution in [0.5, 0.6) is 10.9 Å². The highest BCUT2D eigenvalue weighted by molar-refractivity contribution is 7.88. The average Bonchev–Trinajstić information content (AvgIpc) is 3.19. The van der Waals surface area contributed by atoms with Crippen LogP contribution in [0.15, 0.2) is 48.5 Å². The Morgan fingerprint density at radius 2 is 1.80 bits per heavy atom. The summed E-state index contributed by atoms with van der Waals surface area (Å²) in [6, 6.07) is 17.2. The van der Waals surface area contributed by atoms with Crippen molar-refractivity contribution in [3.8, 4) is 10.9 Å². The molecule has 158 valence electrons. The number of fused-ring (bicyclic) bond motifs is 3. The molecule has 2 aromatic carbocycles. The van der Waals surface area contributed by atoms with E-state index in [2.05, 4.69) is 26.7 Å². The number of rotatable bonds is 6. The number of piperidine rings is 1. The number of aromatic nitrogens is 1. The molecule has 8 heteroatoms. The van der Waals surface area contributed by atoms with E-state index in [0.29, 0.717) is 17.3 Å². The zero-order valence-corrected chi connectivity index (χ0v) is 18.5. The Hall–Kier alpha value is -2.00. The quantitative estimate of drug-likeness (QED) is 0.620. The van der Waals surface area contributed by atoms with E-state index in [1.807, 2.05) is 36.4 Å². The predicted molar refractivity (Wildman–Crippen MR) is 119 cm³/mol. The Morgan fingerprint density at radius 1 is 1.10 bits per heavy atom. The number of para-hydroxylation sites is 1. The summed E-state index contributed by atoms with van der Waals surface area (Å²) in [5.74, 6) is 0.789. The van der Waals surface area contributed by atoms with Gasteiger partial charge >= 0.3 is 0 Å². The molecule has 1 aromatic heterocycles. The number of nitrogens with zero attached hydrogens (tertiary/aromatic N) is 2. The predicted octanol–water partition coefficient (Wildman–Crippen LogP) is 4.13. The van der Waals surface area contributed by atoms with Crippen molar-refractivity contribution in [1.82, 2.24) is 14.6 Å². The average molecular weight is 444 g/mol. The molecule has 2 aliphatic heterocycles. The first-order valence-electron chi connectivity index (χ1n) is 10.3. The van der Waals surface area contributed by atoms with Crippen LogP contribution in [0.25, 0.3) is 10.2 Å². The summed E-state index contributed by atoms with van der Waals surface area (Å²) in [4.78, 5) is 7.07. The van der Waals surface area contributed by atoms with E-state index >= 15 is 0 Å². The fourth-order valence-electron chi connectivity index (χ4n) is 4.80. The number of ether oxygens (including phenoxy) is 1. The molecule has 0 aliphatic carbocycles. The van der Waals surface area contributed by atoms with Gasteiger partial charge in [0.2, 0.25) is 10.0 Å². The van der Waals surface area contributed by atoms with E-state index in [9.17, 15) is 8.42 Å². The van der Waals surface area contributed by atoms with Crippen LogP contribution in [0.1, 0.15) is 31.2 Å². The van der Waals surface area contributed by atoms with E-state index in [0.717, 1.165) is 48.2 Å². The summed E-state index contributed by atoms with van der Waals surface area (Å²) >= 11 is 1.55. The number of sulfonamides is 1. The van der Waals surface area contributed by atoms with Crippen LogP contribution in [0, 0.1) is 0 Å². The summed E-state index contributed by atoms with van der Waals surface area (Å²) < 4.78 is 33.0. The first-order chi connectivity index (χ1) is 14.4. The summed E-state index contributed by atoms with van der Waals surface area (Å²) in [7, 11) is -3.15. The van der Waals surface area contributed by atoms with Crippen LogP contribution in [0.3, 0.4) is 0 Å². The van der Waals surface area contributed by atoms with Gasteiger partial charge in [-0.3, -0.25) is 4.90 Å². The van der Waals surface area contributed by atoms with E-state index in [-0.39, 0.29) is 6.04 Å². The van der Waals surface area contributed by atoms with E-state index < -0.39 is 10.0 Å². The molecule has 3 heterocycles. The molecular formula is C22H25N3O3S2. The second-order valence-electron chi connectivity index (χ2n) is 8.31. The number of nitrogens with one attached hydrogen (secondary N) is 1. The minimum atomic E-state index is -3.15. The molecule has 2 bridgehead atoms. The van der Waals surface area contributed by atoms with E-state index in [4.69, 9.17) is 4.74 Å². The number of benzene rings is 2. The van der Waals surface area contributed by atoms with Crippen LogP contribution in [0.4, 0.5) is 0 Å². The van der Waals surface area contributed by atoms with Gasteiger partial charge < -0.3 is 4.74 Å². The molecule has 30 heavy (non-hydrogen) atoms. The Balaban J connectivity index is 1.22. The maximum Gasteiger partial charge on any atom is 0.279 e. The zero-order chi connectivity index (χ0) is 20.7. The van der Waals surface area contributed by atoms with Gasteiger partial charge in [-0.05, 0) is 55.5 Å². The Bertz CT molecular complexity index is 1100. The molecule has 0 spiro atoms. The highest BCUT2D eigenvalue weighted by Crippen LogP contribution is 2.37. The second-order valence-corrected chi connectivity index (χ2v) is 11.1. The van der Waals surface area contributed by atoms with Gasteiger partial charge in [0.05, 0.1) is 16.5 Å². The topological polar surface area (TPSA) is 71.5 Å². The smallest absolute Gasteiger partial charge is 0.279 e. The highest BCUT2D eigenvalue weighted by atomic mass is 32.2. The van der Waals surface area contributed by atoms with Crippen molar-refractivity contribution in [2.45, 2.75) is 50.4 Å². The van der Waals surface area contributed by atoms with Crippen molar-refractivity contribution in [3.63, 3.8) is 0 Å². The fourth-order valence-corrected chi connectivity index (χ4v) is 6.43. The third-order valence-electron chi connectivity index (χ3n) is 6.03. The molecule has 5 rings (SSSR count). The van der Waals surface area contributed by atoms with Crippen molar-refractivity contribution < 1.29 is 13.2 Å². The Kier molecular flexibility index (Phi) is 5.26. The molecular weight excluding hydrogens is 418 g/mol. The maximum atomic E-state index is 11.6. The number of thiazole rings is 1. The van der Waals surface area contributed by atoms with Crippen LogP contribution in [-0.2, 0) is 16.6 Å². The summed E-state index contributed by atoms with van der Waals surface area (Å²) in [6.07, 6.45) is 5.32. The first kappa shape index (κ1) is 19.9. The summed E-state index contributed by atoms with van der Waals surface area (Å²) in [6.45, 7) is 0.891. The van der Waals surface area contributed by atoms with Crippen molar-refractivity contribution in [2.75, 3.05) is 6.26 Å². The van der Waals surface area contributed by atoms with Crippen molar-refractivity contribution >= 4 is 31.6 Å². The molecule has 0 amide bonds. The highest BCUT2D eigenvalue weighted by Gasteiger charge is 2.41. The van der Waals surface area contributed by atoms with Crippen LogP contribution in [-0.4, -0.2) is 42.7 Å². The monoisotopic (exact) mass is 443 g/mol. The van der Waals surface area contributed by atoms with E-state index in [1.54, 1.807) is 11.3 Å². The largest absolute Gasteiger partial charge is 0.431 e. The number of hydrogen-bond acceptors (Lipinski definition) is 6. The van der Waals surface area contributed by atoms with Crippen LogP contribution in [0.2, 0.25) is 0 Å². The Labute approximate surface area is 180 Å². The number of hydrogen-bond donors (Lipinski definition) is 1. The molecule has 1 N–H and O–H groups in total. The fraction of sp³-hybridized carbons (Fsp3) is 0.409. The molecule has 0 saturated carbocycles. The Morgan fingerprint density at radius 3 is 2.47 bits per heavy atom. The van der Waals surface area contributed by atoms with Gasteiger partial charge in [-0.1, -0.05) is 35.6 Å².